The van der Waals surface area contributed by atoms with E-state index in [2.05, 4.69) is 26.3 Å². The number of alkyl halides is 4. The van der Waals surface area contributed by atoms with Gasteiger partial charge in [-0.25, -0.2) is 32.8 Å². The fraction of sp³-hybridized carbons (Fsp3) is 0.946. The lowest BCUT2D eigenvalue weighted by Crippen LogP contribution is -2.59. The van der Waals surface area contributed by atoms with Crippen LogP contribution in [-0.2, 0) is 42.5 Å². The average molecular weight is 928 g/mol. The molecule has 4 rings (SSSR count). The number of hydrogen-bond donors (Lipinski definition) is 9. The number of hydrogen-bond acceptors (Lipinski definition) is 16. The van der Waals surface area contributed by atoms with E-state index in [1.807, 2.05) is 5.01 Å². The Hall–Kier alpha value is -1.87. The van der Waals surface area contributed by atoms with Crippen LogP contribution in [0.25, 0.3) is 0 Å². The van der Waals surface area contributed by atoms with E-state index < -0.39 is 87.6 Å². The van der Waals surface area contributed by atoms with Crippen molar-refractivity contribution < 1.29 is 90.0 Å². The van der Waals surface area contributed by atoms with Crippen molar-refractivity contribution in [2.45, 2.75) is 144 Å². The highest BCUT2D eigenvalue weighted by molar-refractivity contribution is 7.51. The number of carbonyl (C=O) groups excluding carboxylic acids is 2. The first-order chi connectivity index (χ1) is 29.6. The molecule has 2 aliphatic carbocycles. The fourth-order valence-corrected chi connectivity index (χ4v) is 7.99. The maximum Gasteiger partial charge on any atom is 0.325 e. The van der Waals surface area contributed by atoms with Crippen LogP contribution in [0.3, 0.4) is 0 Å². The Labute approximate surface area is 358 Å². The number of urea groups is 1. The Morgan fingerprint density at radius 1 is 0.790 bits per heavy atom. The first-order valence-electron chi connectivity index (χ1n) is 21.4. The number of amides is 2. The van der Waals surface area contributed by atoms with Crippen LogP contribution in [0.15, 0.2) is 0 Å². The molecule has 0 aromatic heterocycles. The summed E-state index contributed by atoms with van der Waals surface area (Å²) in [7, 11) is -4.35. The van der Waals surface area contributed by atoms with Crippen LogP contribution in [-0.4, -0.2) is 200 Å². The summed E-state index contributed by atoms with van der Waals surface area (Å²) in [5.41, 5.74) is 6.39. The molecule has 2 heterocycles. The normalized spacial score (nSPS) is 33.3. The molecule has 9 N–H and O–H groups in total. The molecule has 2 saturated heterocycles. The van der Waals surface area contributed by atoms with Crippen molar-refractivity contribution in [1.82, 2.24) is 26.6 Å². The summed E-state index contributed by atoms with van der Waals surface area (Å²) in [4.78, 5) is 42.6. The molecule has 10 atom stereocenters. The highest BCUT2D eigenvalue weighted by Crippen LogP contribution is 2.38. The van der Waals surface area contributed by atoms with Crippen LogP contribution in [0, 0.1) is 0 Å². The van der Waals surface area contributed by atoms with Gasteiger partial charge in [0.15, 0.2) is 24.7 Å². The standard InChI is InChI=1S/C37H66F4N5O15P/c38-26-21-27(39)31(41)35(30(26)40)61-29(47)8-12-55-14-16-57-18-19-58-17-15-56-13-11-46-22-24(44-45-46)3-1-2-10-42-37(51)43-23-4-6-25(7-5-23)59-36-34(50)33(49)32(48)28(60-36)9-20-62(52,53)54/h23-28,30-36,44-45,48-50H,1-22H2,(H2,42,43,51)(H2,52,53,54)/t23?,24?,25?,26?,27?,28-,30?,31?,32-,33+,34+,35?,36+/m1/s1. The molecule has 362 valence electrons. The Morgan fingerprint density at radius 3 is 2.03 bits per heavy atom. The van der Waals surface area contributed by atoms with Gasteiger partial charge in [-0.15, -0.1) is 0 Å². The predicted octanol–water partition coefficient (Wildman–Crippen LogP) is -0.0231. The number of unbranched alkanes of at least 4 members (excludes halogenated alkanes) is 1. The number of aliphatic hydroxyl groups excluding tert-OH is 3. The highest BCUT2D eigenvalue weighted by atomic mass is 31.2. The van der Waals surface area contributed by atoms with Crippen LogP contribution in [0.1, 0.15) is 64.2 Å². The summed E-state index contributed by atoms with van der Waals surface area (Å²) in [6, 6.07) is -0.0905. The topological polar surface area (TPSA) is 268 Å². The number of esters is 1. The number of ether oxygens (including phenoxy) is 7. The zero-order valence-corrected chi connectivity index (χ0v) is 35.7. The SMILES string of the molecule is O=C(NCCCCC1CN(CCOCCOCCOCCOCCC(=O)OC2C(F)C(F)CC(F)C2F)NN1)NC1CCC(O[C@H]2O[C@H](CCP(=O)(O)O)[C@@H](O)[C@H](O)[C@@H]2O)CC1. The second-order valence-corrected chi connectivity index (χ2v) is 17.7. The maximum atomic E-state index is 13.8. The molecule has 0 aromatic rings. The highest BCUT2D eigenvalue weighted by Gasteiger charge is 2.49. The number of rotatable bonds is 27. The molecule has 0 spiro atoms. The molecule has 62 heavy (non-hydrogen) atoms. The minimum Gasteiger partial charge on any atom is -0.456 e. The fourth-order valence-electron chi connectivity index (χ4n) is 7.40. The lowest BCUT2D eigenvalue weighted by atomic mass is 9.91. The number of aliphatic hydroxyl groups is 3. The quantitative estimate of drug-likeness (QED) is 0.0227. The van der Waals surface area contributed by atoms with Crippen molar-refractivity contribution >= 4 is 19.6 Å². The smallest absolute Gasteiger partial charge is 0.325 e. The van der Waals surface area contributed by atoms with Gasteiger partial charge in [-0.3, -0.25) is 9.36 Å². The molecule has 25 heteroatoms. The number of carbonyl (C=O) groups is 2. The molecule has 0 radical (unpaired) electrons. The number of halogens is 4. The molecule has 2 saturated carbocycles. The van der Waals surface area contributed by atoms with Crippen LogP contribution in [0.5, 0.6) is 0 Å². The molecule has 2 amide bonds. The summed E-state index contributed by atoms with van der Waals surface area (Å²) in [5, 5.41) is 38.7. The molecule has 2 aliphatic heterocycles. The summed E-state index contributed by atoms with van der Waals surface area (Å²) in [5.74, 6) is -1.01. The lowest BCUT2D eigenvalue weighted by Gasteiger charge is -2.42. The lowest BCUT2D eigenvalue weighted by molar-refractivity contribution is -0.309. The monoisotopic (exact) mass is 927 g/mol. The van der Waals surface area contributed by atoms with E-state index in [0.29, 0.717) is 71.8 Å². The number of nitrogens with one attached hydrogen (secondary N) is 4. The van der Waals surface area contributed by atoms with Crippen molar-refractivity contribution in [1.29, 1.82) is 0 Å². The molecule has 4 fully saturated rings. The minimum absolute atomic E-state index is 0.0742. The van der Waals surface area contributed by atoms with E-state index in [0.717, 1.165) is 25.8 Å². The van der Waals surface area contributed by atoms with Gasteiger partial charge in [0.05, 0.1) is 77.6 Å². The summed E-state index contributed by atoms with van der Waals surface area (Å²) >= 11 is 0. The van der Waals surface area contributed by atoms with Crippen LogP contribution >= 0.6 is 7.60 Å². The largest absolute Gasteiger partial charge is 0.456 e. The van der Waals surface area contributed by atoms with Gasteiger partial charge in [0.1, 0.15) is 30.7 Å². The Kier molecular flexibility index (Phi) is 23.5. The van der Waals surface area contributed by atoms with Gasteiger partial charge in [-0.2, -0.15) is 5.53 Å². The third-order valence-electron chi connectivity index (χ3n) is 11.0. The second-order valence-electron chi connectivity index (χ2n) is 15.9. The molecular weight excluding hydrogens is 861 g/mol. The first-order valence-corrected chi connectivity index (χ1v) is 23.2. The van der Waals surface area contributed by atoms with E-state index in [-0.39, 0.29) is 56.9 Å². The zero-order valence-electron chi connectivity index (χ0n) is 34.8. The summed E-state index contributed by atoms with van der Waals surface area (Å²) < 4.78 is 104. The van der Waals surface area contributed by atoms with E-state index in [1.54, 1.807) is 0 Å². The Balaban J connectivity index is 0.898. The third-order valence-corrected chi connectivity index (χ3v) is 11.8. The minimum atomic E-state index is -4.35. The van der Waals surface area contributed by atoms with Gasteiger partial charge in [0, 0.05) is 38.1 Å². The second kappa shape index (κ2) is 27.6. The Bertz CT molecular complexity index is 1340. The van der Waals surface area contributed by atoms with Gasteiger partial charge in [0.25, 0.3) is 0 Å². The van der Waals surface area contributed by atoms with E-state index >= 15 is 0 Å². The Morgan fingerprint density at radius 2 is 1.40 bits per heavy atom. The molecule has 20 nitrogen and oxygen atoms in total. The van der Waals surface area contributed by atoms with Gasteiger partial charge >= 0.3 is 19.6 Å². The van der Waals surface area contributed by atoms with Crippen molar-refractivity contribution in [2.75, 3.05) is 78.7 Å². The van der Waals surface area contributed by atoms with E-state index in [9.17, 15) is 47.0 Å². The van der Waals surface area contributed by atoms with Crippen molar-refractivity contribution in [2.24, 2.45) is 0 Å². The van der Waals surface area contributed by atoms with E-state index in [1.165, 1.54) is 0 Å². The molecule has 0 aromatic carbocycles. The number of nitrogens with zero attached hydrogens (tertiary/aromatic N) is 1. The molecule has 0 bridgehead atoms. The molecular formula is C37H66F4N5O15P. The zero-order chi connectivity index (χ0) is 45.1. The van der Waals surface area contributed by atoms with Crippen molar-refractivity contribution in [3.63, 3.8) is 0 Å². The van der Waals surface area contributed by atoms with Crippen LogP contribution in [0.4, 0.5) is 22.4 Å². The van der Waals surface area contributed by atoms with Gasteiger partial charge in [0.2, 0.25) is 0 Å². The van der Waals surface area contributed by atoms with Crippen LogP contribution < -0.4 is 21.6 Å². The van der Waals surface area contributed by atoms with Gasteiger partial charge < -0.3 is 68.9 Å². The predicted molar refractivity (Wildman–Crippen MR) is 209 cm³/mol. The first kappa shape index (κ1) is 52.8. The van der Waals surface area contributed by atoms with Crippen molar-refractivity contribution in [3.05, 3.63) is 0 Å². The van der Waals surface area contributed by atoms with Gasteiger partial charge in [-0.1, -0.05) is 6.42 Å². The van der Waals surface area contributed by atoms with E-state index in [4.69, 9.17) is 38.2 Å². The summed E-state index contributed by atoms with van der Waals surface area (Å²) in [6.45, 7) is 4.11. The third kappa shape index (κ3) is 18.9. The molecule has 5 unspecified atom stereocenters. The average Bonchev–Trinajstić information content (AvgIpc) is 3.69. The maximum absolute atomic E-state index is 13.8. The summed E-state index contributed by atoms with van der Waals surface area (Å²) in [6.07, 6.45) is -15.9. The number of hydrazine groups is 2. The molecule has 4 aliphatic rings. The van der Waals surface area contributed by atoms with Crippen molar-refractivity contribution in [3.8, 4) is 0 Å². The van der Waals surface area contributed by atoms with Crippen LogP contribution in [0.2, 0.25) is 0 Å². The van der Waals surface area contributed by atoms with Gasteiger partial charge in [-0.05, 0) is 44.9 Å².